The molecule has 1 aliphatic carbocycles. The molecule has 1 amide bonds. The van der Waals surface area contributed by atoms with E-state index in [0.717, 1.165) is 38.8 Å². The van der Waals surface area contributed by atoms with Crippen molar-refractivity contribution in [2.24, 2.45) is 5.41 Å². The van der Waals surface area contributed by atoms with Gasteiger partial charge in [0.15, 0.2) is 0 Å². The van der Waals surface area contributed by atoms with Gasteiger partial charge in [-0.3, -0.25) is 4.79 Å². The Kier molecular flexibility index (Phi) is 3.31. The fourth-order valence-corrected chi connectivity index (χ4v) is 3.42. The van der Waals surface area contributed by atoms with Crippen molar-refractivity contribution >= 4 is 5.91 Å². The number of hydrogen-bond donors (Lipinski definition) is 2. The van der Waals surface area contributed by atoms with Gasteiger partial charge in [-0.1, -0.05) is 31.2 Å². The first-order chi connectivity index (χ1) is 9.25. The van der Waals surface area contributed by atoms with E-state index in [0.29, 0.717) is 0 Å². The number of fused-ring (bicyclic) bond motifs is 1. The van der Waals surface area contributed by atoms with Crippen molar-refractivity contribution in [3.63, 3.8) is 0 Å². The second kappa shape index (κ2) is 4.97. The summed E-state index contributed by atoms with van der Waals surface area (Å²) in [6.07, 6.45) is 4.00. The van der Waals surface area contributed by atoms with Crippen LogP contribution in [0.15, 0.2) is 24.3 Å². The minimum atomic E-state index is -0.183. The van der Waals surface area contributed by atoms with Crippen molar-refractivity contribution in [2.45, 2.75) is 38.6 Å². The van der Waals surface area contributed by atoms with Crippen LogP contribution in [0.25, 0.3) is 0 Å². The number of carbonyl (C=O) groups excluding carboxylic acids is 1. The highest BCUT2D eigenvalue weighted by Gasteiger charge is 2.40. The molecule has 3 heteroatoms. The summed E-state index contributed by atoms with van der Waals surface area (Å²) in [6, 6.07) is 8.69. The summed E-state index contributed by atoms with van der Waals surface area (Å²) < 4.78 is 0. The van der Waals surface area contributed by atoms with Gasteiger partial charge in [0.05, 0.1) is 11.5 Å². The first-order valence-corrected chi connectivity index (χ1v) is 7.35. The van der Waals surface area contributed by atoms with Gasteiger partial charge in [-0.25, -0.2) is 0 Å². The van der Waals surface area contributed by atoms with Crippen molar-refractivity contribution in [3.8, 4) is 0 Å². The Labute approximate surface area is 114 Å². The first kappa shape index (κ1) is 12.7. The number of benzene rings is 1. The predicted octanol–water partition coefficient (Wildman–Crippen LogP) is 2.18. The summed E-state index contributed by atoms with van der Waals surface area (Å²) in [4.78, 5) is 12.6. The molecule has 1 saturated heterocycles. The highest BCUT2D eigenvalue weighted by atomic mass is 16.2. The summed E-state index contributed by atoms with van der Waals surface area (Å²) in [5, 5.41) is 6.62. The molecule has 2 N–H and O–H groups in total. The Bertz CT molecular complexity index is 477. The minimum absolute atomic E-state index is 0.183. The summed E-state index contributed by atoms with van der Waals surface area (Å²) in [7, 11) is 0. The maximum absolute atomic E-state index is 12.6. The smallest absolute Gasteiger partial charge is 0.228 e. The van der Waals surface area contributed by atoms with E-state index in [-0.39, 0.29) is 17.4 Å². The fourth-order valence-electron chi connectivity index (χ4n) is 3.42. The first-order valence-electron chi connectivity index (χ1n) is 7.35. The monoisotopic (exact) mass is 258 g/mol. The molecule has 0 radical (unpaired) electrons. The molecule has 0 saturated carbocycles. The van der Waals surface area contributed by atoms with E-state index >= 15 is 0 Å². The topological polar surface area (TPSA) is 41.1 Å². The van der Waals surface area contributed by atoms with Crippen molar-refractivity contribution in [1.82, 2.24) is 10.6 Å². The van der Waals surface area contributed by atoms with Crippen LogP contribution >= 0.6 is 0 Å². The van der Waals surface area contributed by atoms with E-state index < -0.39 is 0 Å². The fraction of sp³-hybridized carbons (Fsp3) is 0.562. The maximum atomic E-state index is 12.6. The molecule has 19 heavy (non-hydrogen) atoms. The van der Waals surface area contributed by atoms with Crippen LogP contribution in [-0.4, -0.2) is 19.0 Å². The molecule has 1 aromatic carbocycles. The van der Waals surface area contributed by atoms with Crippen LogP contribution in [0.2, 0.25) is 0 Å². The summed E-state index contributed by atoms with van der Waals surface area (Å²) >= 11 is 0. The van der Waals surface area contributed by atoms with Crippen LogP contribution in [0.5, 0.6) is 0 Å². The third-order valence-corrected chi connectivity index (χ3v) is 4.84. The largest absolute Gasteiger partial charge is 0.349 e. The Morgan fingerprint density at radius 3 is 3.05 bits per heavy atom. The van der Waals surface area contributed by atoms with Gasteiger partial charge >= 0.3 is 0 Å². The van der Waals surface area contributed by atoms with E-state index in [9.17, 15) is 4.79 Å². The zero-order valence-corrected chi connectivity index (χ0v) is 11.5. The molecular weight excluding hydrogens is 236 g/mol. The molecule has 2 atom stereocenters. The maximum Gasteiger partial charge on any atom is 0.228 e. The number of nitrogens with one attached hydrogen (secondary N) is 2. The molecule has 0 spiro atoms. The molecule has 1 heterocycles. The second-order valence-electron chi connectivity index (χ2n) is 5.82. The lowest BCUT2D eigenvalue weighted by molar-refractivity contribution is -0.131. The number of rotatable bonds is 3. The lowest BCUT2D eigenvalue weighted by Crippen LogP contribution is -2.43. The van der Waals surface area contributed by atoms with Gasteiger partial charge < -0.3 is 10.6 Å². The van der Waals surface area contributed by atoms with Gasteiger partial charge in [0.25, 0.3) is 0 Å². The SMILES string of the molecule is CCC1(C(=O)NC2CCc3ccccc32)CCNC1. The Morgan fingerprint density at radius 1 is 1.47 bits per heavy atom. The molecule has 1 fully saturated rings. The van der Waals surface area contributed by atoms with Crippen LogP contribution in [0.1, 0.15) is 43.4 Å². The van der Waals surface area contributed by atoms with E-state index in [1.54, 1.807) is 0 Å². The van der Waals surface area contributed by atoms with Crippen molar-refractivity contribution in [2.75, 3.05) is 13.1 Å². The second-order valence-corrected chi connectivity index (χ2v) is 5.82. The number of amides is 1. The van der Waals surface area contributed by atoms with Crippen molar-refractivity contribution in [3.05, 3.63) is 35.4 Å². The minimum Gasteiger partial charge on any atom is -0.349 e. The van der Waals surface area contributed by atoms with Gasteiger partial charge in [0, 0.05) is 6.54 Å². The summed E-state index contributed by atoms with van der Waals surface area (Å²) in [5.41, 5.74) is 2.52. The molecule has 0 aromatic heterocycles. The van der Waals surface area contributed by atoms with E-state index in [4.69, 9.17) is 0 Å². The molecule has 2 aliphatic rings. The lowest BCUT2D eigenvalue weighted by atomic mass is 9.83. The molecule has 2 unspecified atom stereocenters. The van der Waals surface area contributed by atoms with Crippen LogP contribution in [0, 0.1) is 5.41 Å². The summed E-state index contributed by atoms with van der Waals surface area (Å²) in [6.45, 7) is 3.90. The normalized spacial score (nSPS) is 29.2. The molecule has 0 bridgehead atoms. The number of aryl methyl sites for hydroxylation is 1. The molecule has 102 valence electrons. The standard InChI is InChI=1S/C16H22N2O/c1-2-16(9-10-17-11-16)15(19)18-14-8-7-12-5-3-4-6-13(12)14/h3-6,14,17H,2,7-11H2,1H3,(H,18,19). The predicted molar refractivity (Wildman–Crippen MR) is 75.9 cm³/mol. The van der Waals surface area contributed by atoms with Crippen LogP contribution < -0.4 is 10.6 Å². The average Bonchev–Trinajstić information content (AvgIpc) is 3.07. The highest BCUT2D eigenvalue weighted by Crippen LogP contribution is 2.34. The average molecular weight is 258 g/mol. The quantitative estimate of drug-likeness (QED) is 0.872. The summed E-state index contributed by atoms with van der Waals surface area (Å²) in [5.74, 6) is 0.238. The lowest BCUT2D eigenvalue weighted by Gasteiger charge is -2.27. The van der Waals surface area contributed by atoms with Crippen molar-refractivity contribution < 1.29 is 4.79 Å². The van der Waals surface area contributed by atoms with Crippen LogP contribution in [-0.2, 0) is 11.2 Å². The molecule has 3 rings (SSSR count). The van der Waals surface area contributed by atoms with Gasteiger partial charge in [-0.05, 0) is 43.4 Å². The van der Waals surface area contributed by atoms with Gasteiger partial charge in [-0.15, -0.1) is 0 Å². The zero-order chi connectivity index (χ0) is 13.3. The van der Waals surface area contributed by atoms with E-state index in [1.165, 1.54) is 11.1 Å². The number of hydrogen-bond acceptors (Lipinski definition) is 2. The Balaban J connectivity index is 1.74. The molecular formula is C16H22N2O. The van der Waals surface area contributed by atoms with Crippen LogP contribution in [0.4, 0.5) is 0 Å². The van der Waals surface area contributed by atoms with Gasteiger partial charge in [-0.2, -0.15) is 0 Å². The Morgan fingerprint density at radius 2 is 2.32 bits per heavy atom. The molecule has 1 aromatic rings. The number of carbonyl (C=O) groups is 1. The van der Waals surface area contributed by atoms with Gasteiger partial charge in [0.1, 0.15) is 0 Å². The van der Waals surface area contributed by atoms with E-state index in [2.05, 4.69) is 41.8 Å². The molecule has 1 aliphatic heterocycles. The molecule has 3 nitrogen and oxygen atoms in total. The Hall–Kier alpha value is -1.35. The van der Waals surface area contributed by atoms with Crippen molar-refractivity contribution in [1.29, 1.82) is 0 Å². The van der Waals surface area contributed by atoms with Gasteiger partial charge in [0.2, 0.25) is 5.91 Å². The third kappa shape index (κ3) is 2.16. The highest BCUT2D eigenvalue weighted by molar-refractivity contribution is 5.83. The van der Waals surface area contributed by atoms with E-state index in [1.807, 2.05) is 0 Å². The zero-order valence-electron chi connectivity index (χ0n) is 11.5. The third-order valence-electron chi connectivity index (χ3n) is 4.84. The van der Waals surface area contributed by atoms with Crippen LogP contribution in [0.3, 0.4) is 0 Å².